The van der Waals surface area contributed by atoms with Crippen LogP contribution in [0.1, 0.15) is 71.9 Å². The predicted molar refractivity (Wildman–Crippen MR) is 123 cm³/mol. The average molecular weight is 469 g/mol. The standard InChI is InChI=1S/C29H25F5/c1-2-3-4-6-19-13-15-24(29(34)28(19)33)22-14-16-23-21(17-22)12-11-20(26(23)31)10-9-18-7-5-8-25(30)27(18)32/h5,7-8,11-13,15,22H,2-4,6,14,16-17H2,1H3. The van der Waals surface area contributed by atoms with Gasteiger partial charge < -0.3 is 0 Å². The monoisotopic (exact) mass is 468 g/mol. The van der Waals surface area contributed by atoms with E-state index in [1.54, 1.807) is 18.2 Å². The van der Waals surface area contributed by atoms with E-state index in [0.717, 1.165) is 30.9 Å². The molecule has 0 saturated carbocycles. The van der Waals surface area contributed by atoms with E-state index in [2.05, 4.69) is 18.8 Å². The van der Waals surface area contributed by atoms with Crippen molar-refractivity contribution in [2.24, 2.45) is 0 Å². The number of hydrogen-bond acceptors (Lipinski definition) is 0. The highest BCUT2D eigenvalue weighted by Crippen LogP contribution is 2.36. The second-order valence-electron chi connectivity index (χ2n) is 8.75. The van der Waals surface area contributed by atoms with Crippen molar-refractivity contribution in [3.8, 4) is 11.8 Å². The molecule has 0 radical (unpaired) electrons. The Morgan fingerprint density at radius 1 is 0.794 bits per heavy atom. The summed E-state index contributed by atoms with van der Waals surface area (Å²) in [5.74, 6) is 0.678. The van der Waals surface area contributed by atoms with E-state index in [9.17, 15) is 17.6 Å². The summed E-state index contributed by atoms with van der Waals surface area (Å²) >= 11 is 0. The first kappa shape index (κ1) is 24.0. The molecule has 34 heavy (non-hydrogen) atoms. The number of hydrogen-bond donors (Lipinski definition) is 0. The van der Waals surface area contributed by atoms with Crippen LogP contribution in [0.15, 0.2) is 42.5 Å². The van der Waals surface area contributed by atoms with Crippen molar-refractivity contribution in [1.29, 1.82) is 0 Å². The molecule has 1 aliphatic carbocycles. The van der Waals surface area contributed by atoms with Crippen LogP contribution in [0.2, 0.25) is 0 Å². The predicted octanol–water partition coefficient (Wildman–Crippen LogP) is 7.79. The molecule has 0 amide bonds. The molecule has 5 heteroatoms. The zero-order valence-corrected chi connectivity index (χ0v) is 19.0. The van der Waals surface area contributed by atoms with Gasteiger partial charge in [0, 0.05) is 0 Å². The van der Waals surface area contributed by atoms with Crippen LogP contribution in [-0.4, -0.2) is 0 Å². The van der Waals surface area contributed by atoms with E-state index >= 15 is 4.39 Å². The highest BCUT2D eigenvalue weighted by atomic mass is 19.2. The van der Waals surface area contributed by atoms with Gasteiger partial charge >= 0.3 is 0 Å². The van der Waals surface area contributed by atoms with Gasteiger partial charge in [-0.25, -0.2) is 22.0 Å². The van der Waals surface area contributed by atoms with Gasteiger partial charge in [0.05, 0.1) is 11.1 Å². The molecule has 0 aromatic heterocycles. The maximum Gasteiger partial charge on any atom is 0.174 e. The summed E-state index contributed by atoms with van der Waals surface area (Å²) in [5.41, 5.74) is 1.88. The highest BCUT2D eigenvalue weighted by molar-refractivity contribution is 5.48. The summed E-state index contributed by atoms with van der Waals surface area (Å²) in [6, 6.07) is 10.2. The van der Waals surface area contributed by atoms with Gasteiger partial charge in [-0.15, -0.1) is 0 Å². The molecule has 0 bridgehead atoms. The maximum absolute atomic E-state index is 15.1. The fourth-order valence-electron chi connectivity index (χ4n) is 4.58. The summed E-state index contributed by atoms with van der Waals surface area (Å²) < 4.78 is 71.8. The Kier molecular flexibility index (Phi) is 7.36. The third kappa shape index (κ3) is 4.87. The van der Waals surface area contributed by atoms with Gasteiger partial charge in [0.1, 0.15) is 5.82 Å². The fraction of sp³-hybridized carbons (Fsp3) is 0.310. The van der Waals surface area contributed by atoms with Gasteiger partial charge in [-0.1, -0.05) is 55.9 Å². The molecule has 1 aliphatic rings. The molecule has 3 aromatic carbocycles. The van der Waals surface area contributed by atoms with Gasteiger partial charge in [-0.3, -0.25) is 0 Å². The minimum absolute atomic E-state index is 0.0921. The van der Waals surface area contributed by atoms with E-state index < -0.39 is 29.1 Å². The lowest BCUT2D eigenvalue weighted by atomic mass is 9.79. The van der Waals surface area contributed by atoms with Crippen LogP contribution in [0.25, 0.3) is 0 Å². The van der Waals surface area contributed by atoms with Crippen LogP contribution < -0.4 is 0 Å². The Balaban J connectivity index is 1.55. The van der Waals surface area contributed by atoms with Crippen LogP contribution in [0.4, 0.5) is 22.0 Å². The smallest absolute Gasteiger partial charge is 0.174 e. The van der Waals surface area contributed by atoms with Gasteiger partial charge in [0.25, 0.3) is 0 Å². The number of fused-ring (bicyclic) bond motifs is 1. The topological polar surface area (TPSA) is 0 Å². The normalized spacial score (nSPS) is 14.9. The molecule has 1 unspecified atom stereocenters. The lowest BCUT2D eigenvalue weighted by Gasteiger charge is -2.26. The average Bonchev–Trinajstić information content (AvgIpc) is 2.84. The number of unbranched alkanes of at least 4 members (excludes halogenated alkanes) is 2. The third-order valence-electron chi connectivity index (χ3n) is 6.51. The van der Waals surface area contributed by atoms with Crippen LogP contribution in [0, 0.1) is 40.9 Å². The van der Waals surface area contributed by atoms with Crippen LogP contribution in [0.5, 0.6) is 0 Å². The zero-order valence-electron chi connectivity index (χ0n) is 19.0. The molecule has 0 nitrogen and oxygen atoms in total. The van der Waals surface area contributed by atoms with Crippen molar-refractivity contribution in [2.75, 3.05) is 0 Å². The van der Waals surface area contributed by atoms with Crippen molar-refractivity contribution in [3.63, 3.8) is 0 Å². The fourth-order valence-corrected chi connectivity index (χ4v) is 4.58. The summed E-state index contributed by atoms with van der Waals surface area (Å²) in [5, 5.41) is 0. The molecule has 0 spiro atoms. The third-order valence-corrected chi connectivity index (χ3v) is 6.51. The second-order valence-corrected chi connectivity index (χ2v) is 8.75. The van der Waals surface area contributed by atoms with E-state index in [4.69, 9.17) is 0 Å². The quantitative estimate of drug-likeness (QED) is 0.204. The summed E-state index contributed by atoms with van der Waals surface area (Å²) in [6.07, 6.45) is 4.54. The SMILES string of the molecule is CCCCCc1ccc(C2CCc3c(ccc(C#Cc4cccc(F)c4F)c3F)C2)c(F)c1F. The van der Waals surface area contributed by atoms with Gasteiger partial charge in [0.15, 0.2) is 23.3 Å². The molecule has 0 N–H and O–H groups in total. The minimum atomic E-state index is -1.07. The first-order valence-electron chi connectivity index (χ1n) is 11.6. The van der Waals surface area contributed by atoms with Gasteiger partial charge in [-0.05, 0) is 78.5 Å². The van der Waals surface area contributed by atoms with Gasteiger partial charge in [-0.2, -0.15) is 0 Å². The first-order chi connectivity index (χ1) is 16.4. The lowest BCUT2D eigenvalue weighted by Crippen LogP contribution is -2.17. The summed E-state index contributed by atoms with van der Waals surface area (Å²) in [7, 11) is 0. The highest BCUT2D eigenvalue weighted by Gasteiger charge is 2.27. The van der Waals surface area contributed by atoms with Crippen molar-refractivity contribution < 1.29 is 22.0 Å². The van der Waals surface area contributed by atoms with Crippen molar-refractivity contribution in [1.82, 2.24) is 0 Å². The Labute approximate surface area is 196 Å². The number of rotatable bonds is 5. The maximum atomic E-state index is 15.1. The zero-order chi connectivity index (χ0) is 24.2. The largest absolute Gasteiger partial charge is 0.205 e. The Morgan fingerprint density at radius 2 is 1.56 bits per heavy atom. The van der Waals surface area contributed by atoms with Crippen LogP contribution in [0.3, 0.4) is 0 Å². The van der Waals surface area contributed by atoms with Crippen LogP contribution in [-0.2, 0) is 19.3 Å². The molecule has 3 aromatic rings. The molecule has 0 saturated heterocycles. The lowest BCUT2D eigenvalue weighted by molar-refractivity contribution is 0.462. The molecular weight excluding hydrogens is 443 g/mol. The number of aryl methyl sites for hydroxylation is 1. The van der Waals surface area contributed by atoms with E-state index in [0.29, 0.717) is 42.4 Å². The molecule has 176 valence electrons. The first-order valence-corrected chi connectivity index (χ1v) is 11.6. The molecule has 0 heterocycles. The molecule has 0 fully saturated rings. The Hall–Kier alpha value is -3.13. The summed E-state index contributed by atoms with van der Waals surface area (Å²) in [4.78, 5) is 0. The van der Waals surface area contributed by atoms with Crippen molar-refractivity contribution in [2.45, 2.75) is 57.8 Å². The van der Waals surface area contributed by atoms with Crippen LogP contribution >= 0.6 is 0 Å². The van der Waals surface area contributed by atoms with Crippen molar-refractivity contribution in [3.05, 3.63) is 105 Å². The molecule has 0 aliphatic heterocycles. The minimum Gasteiger partial charge on any atom is -0.205 e. The molecular formula is C29H25F5. The van der Waals surface area contributed by atoms with Crippen molar-refractivity contribution >= 4 is 0 Å². The second kappa shape index (κ2) is 10.4. The Bertz CT molecular complexity index is 1270. The van der Waals surface area contributed by atoms with E-state index in [-0.39, 0.29) is 17.0 Å². The molecule has 4 rings (SSSR count). The van der Waals surface area contributed by atoms with Gasteiger partial charge in [0.2, 0.25) is 0 Å². The summed E-state index contributed by atoms with van der Waals surface area (Å²) in [6.45, 7) is 2.06. The number of halogens is 5. The molecule has 1 atom stereocenters. The number of benzene rings is 3. The van der Waals surface area contributed by atoms with E-state index in [1.807, 2.05) is 0 Å². The van der Waals surface area contributed by atoms with E-state index in [1.165, 1.54) is 18.2 Å². The Morgan fingerprint density at radius 3 is 2.32 bits per heavy atom.